The lowest BCUT2D eigenvalue weighted by molar-refractivity contribution is 0.209. The van der Waals surface area contributed by atoms with Gasteiger partial charge in [-0.25, -0.2) is 0 Å². The lowest BCUT2D eigenvalue weighted by Crippen LogP contribution is -2.18. The molecule has 0 amide bonds. The fourth-order valence-corrected chi connectivity index (χ4v) is 5.20. The molecule has 0 aromatic heterocycles. The summed E-state index contributed by atoms with van der Waals surface area (Å²) in [5.74, 6) is 3.18. The Bertz CT molecular complexity index is 485. The molecule has 27 heavy (non-hydrogen) atoms. The molecular weight excluding hydrogens is 333 g/mol. The van der Waals surface area contributed by atoms with Crippen LogP contribution in [-0.2, 0) is 0 Å². The van der Waals surface area contributed by atoms with Crippen LogP contribution < -0.4 is 0 Å². The van der Waals surface area contributed by atoms with Crippen molar-refractivity contribution in [2.24, 2.45) is 23.7 Å². The lowest BCUT2D eigenvalue weighted by atomic mass is 9.74. The highest BCUT2D eigenvalue weighted by Gasteiger charge is 2.24. The van der Waals surface area contributed by atoms with Gasteiger partial charge in [0.2, 0.25) is 0 Å². The van der Waals surface area contributed by atoms with E-state index >= 15 is 0 Å². The molecule has 2 heteroatoms. The molecule has 2 aliphatic rings. The minimum absolute atomic E-state index is 0.707. The van der Waals surface area contributed by atoms with Gasteiger partial charge < -0.3 is 0 Å². The van der Waals surface area contributed by atoms with Crippen LogP contribution in [0.25, 0.3) is 0 Å². The summed E-state index contributed by atoms with van der Waals surface area (Å²) in [5.41, 5.74) is 0. The molecule has 152 valence electrons. The van der Waals surface area contributed by atoms with E-state index in [4.69, 9.17) is 5.26 Å². The van der Waals surface area contributed by atoms with Crippen molar-refractivity contribution in [3.63, 3.8) is 0 Å². The van der Waals surface area contributed by atoms with Gasteiger partial charge in [-0.1, -0.05) is 103 Å². The minimum Gasteiger partial charge on any atom is -0.195 e. The summed E-state index contributed by atoms with van der Waals surface area (Å²) >= 11 is 0. The molecule has 2 saturated carbocycles. The number of nitrogens with zero attached hydrogens (tertiary/aromatic N) is 1. The fourth-order valence-electron chi connectivity index (χ4n) is 5.20. The molecule has 1 nitrogen and oxygen atoms in total. The van der Waals surface area contributed by atoms with Crippen LogP contribution in [-0.4, -0.2) is 0 Å². The van der Waals surface area contributed by atoms with Crippen LogP contribution in [0.2, 0.25) is 0 Å². The monoisotopic (exact) mass is 373 g/mol. The fraction of sp³-hybridized carbons (Fsp3) is 0.800. The lowest BCUT2D eigenvalue weighted by Gasteiger charge is -2.32. The molecule has 0 N–H and O–H groups in total. The molecule has 0 aromatic carbocycles. The third-order valence-corrected chi connectivity index (χ3v) is 7.11. The third kappa shape index (κ3) is 9.09. The minimum atomic E-state index is -0.707. The summed E-state index contributed by atoms with van der Waals surface area (Å²) < 4.78 is 12.7. The summed E-state index contributed by atoms with van der Waals surface area (Å²) in [7, 11) is 0. The summed E-state index contributed by atoms with van der Waals surface area (Å²) in [5, 5.41) is 8.36. The molecule has 0 bridgehead atoms. The second-order valence-corrected chi connectivity index (χ2v) is 9.12. The predicted molar refractivity (Wildman–Crippen MR) is 113 cm³/mol. The van der Waals surface area contributed by atoms with Gasteiger partial charge in [-0.3, -0.25) is 0 Å². The van der Waals surface area contributed by atoms with Crippen LogP contribution in [0.4, 0.5) is 4.39 Å². The van der Waals surface area contributed by atoms with Crippen molar-refractivity contribution in [1.29, 1.82) is 5.26 Å². The van der Waals surface area contributed by atoms with Crippen LogP contribution >= 0.6 is 0 Å². The molecule has 0 spiro atoms. The first-order valence-electron chi connectivity index (χ1n) is 11.6. The zero-order chi connectivity index (χ0) is 19.3. The average Bonchev–Trinajstić information content (AvgIpc) is 2.72. The van der Waals surface area contributed by atoms with Crippen molar-refractivity contribution < 1.29 is 4.39 Å². The van der Waals surface area contributed by atoms with Gasteiger partial charge in [-0.05, 0) is 42.6 Å². The maximum atomic E-state index is 12.7. The van der Waals surface area contributed by atoms with Gasteiger partial charge in [0.1, 0.15) is 6.07 Å². The number of nitriles is 1. The Hall–Kier alpha value is -1.10. The van der Waals surface area contributed by atoms with Crippen LogP contribution in [0, 0.1) is 35.0 Å². The number of allylic oxidation sites excluding steroid dienone is 4. The molecule has 0 atom stereocenters. The van der Waals surface area contributed by atoms with Crippen LogP contribution in [0.1, 0.15) is 103 Å². The summed E-state index contributed by atoms with van der Waals surface area (Å²) in [6.45, 7) is 2.31. The van der Waals surface area contributed by atoms with E-state index < -0.39 is 5.83 Å². The molecule has 2 fully saturated rings. The Morgan fingerprint density at radius 2 is 1.33 bits per heavy atom. The Morgan fingerprint density at radius 1 is 0.852 bits per heavy atom. The number of halogens is 1. The average molecular weight is 374 g/mol. The molecule has 0 unspecified atom stereocenters. The Kier molecular flexibility index (Phi) is 10.8. The smallest absolute Gasteiger partial charge is 0.195 e. The second-order valence-electron chi connectivity index (χ2n) is 9.12. The molecule has 0 aromatic rings. The van der Waals surface area contributed by atoms with Crippen molar-refractivity contribution in [1.82, 2.24) is 0 Å². The topological polar surface area (TPSA) is 23.8 Å². The molecule has 0 heterocycles. The molecule has 2 aliphatic carbocycles. The van der Waals surface area contributed by atoms with Crippen LogP contribution in [0.3, 0.4) is 0 Å². The van der Waals surface area contributed by atoms with E-state index in [1.807, 2.05) is 6.08 Å². The largest absolute Gasteiger partial charge is 0.199 e. The zero-order valence-electron chi connectivity index (χ0n) is 17.5. The van der Waals surface area contributed by atoms with Crippen molar-refractivity contribution in [2.45, 2.75) is 103 Å². The zero-order valence-corrected chi connectivity index (χ0v) is 17.5. The Morgan fingerprint density at radius 3 is 1.81 bits per heavy atom. The van der Waals surface area contributed by atoms with Gasteiger partial charge >= 0.3 is 0 Å². The standard InChI is InChI=1S/C25H40FN/c1-2-3-7-21-10-14-23(15-11-21)18-19-24-16-12-22(13-17-24)8-5-4-6-9-25(26)20-27/h4,6,9,21-24H,2-3,5,7-8,10-19H2,1H3/b6-4+,25-9-. The van der Waals surface area contributed by atoms with E-state index in [0.29, 0.717) is 0 Å². The van der Waals surface area contributed by atoms with E-state index in [1.165, 1.54) is 102 Å². The highest BCUT2D eigenvalue weighted by atomic mass is 19.1. The van der Waals surface area contributed by atoms with Crippen LogP contribution in [0.15, 0.2) is 24.1 Å². The Balaban J connectivity index is 1.52. The quantitative estimate of drug-likeness (QED) is 0.279. The summed E-state index contributed by atoms with van der Waals surface area (Å²) in [6.07, 6.45) is 26.0. The molecule has 0 radical (unpaired) electrons. The molecular formula is C25H40FN. The highest BCUT2D eigenvalue weighted by molar-refractivity contribution is 5.18. The van der Waals surface area contributed by atoms with Crippen molar-refractivity contribution in [3.8, 4) is 6.07 Å². The second kappa shape index (κ2) is 13.1. The van der Waals surface area contributed by atoms with E-state index in [-0.39, 0.29) is 0 Å². The normalized spacial score (nSPS) is 29.7. The van der Waals surface area contributed by atoms with Crippen molar-refractivity contribution >= 4 is 0 Å². The van der Waals surface area contributed by atoms with Crippen molar-refractivity contribution in [3.05, 3.63) is 24.1 Å². The molecule has 0 aliphatic heterocycles. The number of unbranched alkanes of at least 4 members (excludes halogenated alkanes) is 1. The van der Waals surface area contributed by atoms with Gasteiger partial charge in [-0.2, -0.15) is 9.65 Å². The van der Waals surface area contributed by atoms with Crippen LogP contribution in [0.5, 0.6) is 0 Å². The van der Waals surface area contributed by atoms with E-state index in [0.717, 1.165) is 30.1 Å². The third-order valence-electron chi connectivity index (χ3n) is 7.11. The summed E-state index contributed by atoms with van der Waals surface area (Å²) in [4.78, 5) is 0. The van der Waals surface area contributed by atoms with E-state index in [2.05, 4.69) is 6.92 Å². The first-order chi connectivity index (χ1) is 13.2. The SMILES string of the molecule is CCCCC1CCC(CCC2CCC(CC/C=C/C=C(\F)C#N)CC2)CC1. The van der Waals surface area contributed by atoms with Gasteiger partial charge in [0.05, 0.1) is 0 Å². The maximum Gasteiger partial charge on any atom is 0.199 e. The van der Waals surface area contributed by atoms with Gasteiger partial charge in [0.25, 0.3) is 0 Å². The van der Waals surface area contributed by atoms with Crippen molar-refractivity contribution in [2.75, 3.05) is 0 Å². The first-order valence-corrected chi connectivity index (χ1v) is 11.6. The molecule has 0 saturated heterocycles. The van der Waals surface area contributed by atoms with E-state index in [1.54, 1.807) is 6.08 Å². The van der Waals surface area contributed by atoms with Gasteiger partial charge in [0.15, 0.2) is 5.83 Å². The molecule has 2 rings (SSSR count). The van der Waals surface area contributed by atoms with Gasteiger partial charge in [-0.15, -0.1) is 0 Å². The maximum absolute atomic E-state index is 12.7. The van der Waals surface area contributed by atoms with E-state index in [9.17, 15) is 4.39 Å². The van der Waals surface area contributed by atoms with Gasteiger partial charge in [0, 0.05) is 0 Å². The Labute approximate surface area is 167 Å². The predicted octanol–water partition coefficient (Wildman–Crippen LogP) is 8.28. The number of rotatable bonds is 10. The number of hydrogen-bond acceptors (Lipinski definition) is 1. The first kappa shape index (κ1) is 22.2. The highest BCUT2D eigenvalue weighted by Crippen LogP contribution is 2.38. The summed E-state index contributed by atoms with van der Waals surface area (Å²) in [6, 6.07) is 1.50. The number of hydrogen-bond donors (Lipinski definition) is 0.